The molecule has 1 aliphatic rings. The van der Waals surface area contributed by atoms with E-state index in [1.807, 2.05) is 37.2 Å². The summed E-state index contributed by atoms with van der Waals surface area (Å²) in [5, 5.41) is 6.69. The Morgan fingerprint density at radius 2 is 2.03 bits per heavy atom. The molecule has 0 radical (unpaired) electrons. The second-order valence-corrected chi connectivity index (χ2v) is 7.38. The number of benzene rings is 1. The molecular formula is C22H32IN5O2. The van der Waals surface area contributed by atoms with Gasteiger partial charge >= 0.3 is 0 Å². The lowest BCUT2D eigenvalue weighted by atomic mass is 10.1. The van der Waals surface area contributed by atoms with Gasteiger partial charge in [0.2, 0.25) is 0 Å². The maximum absolute atomic E-state index is 6.18. The number of anilines is 1. The molecule has 1 aliphatic heterocycles. The molecule has 2 aromatic rings. The van der Waals surface area contributed by atoms with E-state index in [2.05, 4.69) is 45.7 Å². The van der Waals surface area contributed by atoms with Gasteiger partial charge < -0.3 is 25.0 Å². The molecule has 2 heterocycles. The Labute approximate surface area is 196 Å². The first-order chi connectivity index (χ1) is 14.0. The third kappa shape index (κ3) is 7.02. The minimum absolute atomic E-state index is 0. The summed E-state index contributed by atoms with van der Waals surface area (Å²) in [7, 11) is 5.74. The van der Waals surface area contributed by atoms with Crippen LogP contribution in [0.15, 0.2) is 41.4 Å². The standard InChI is InChI=1S/C22H31N5O2.HI/c1-16-8-9-17(20(12-16)29-19-10-11-28-15-19)13-24-22(23-2)25-14-18-6-5-7-21(26-18)27(3)4;/h5-9,12,19H,10-11,13-15H2,1-4H3,(H2,23,24,25);1H. The summed E-state index contributed by atoms with van der Waals surface area (Å²) >= 11 is 0. The smallest absolute Gasteiger partial charge is 0.191 e. The van der Waals surface area contributed by atoms with Crippen LogP contribution in [-0.2, 0) is 17.8 Å². The number of hydrogen-bond acceptors (Lipinski definition) is 5. The molecule has 0 aliphatic carbocycles. The average molecular weight is 525 g/mol. The van der Waals surface area contributed by atoms with Crippen LogP contribution in [0.2, 0.25) is 0 Å². The first-order valence-corrected chi connectivity index (χ1v) is 9.97. The van der Waals surface area contributed by atoms with Crippen LogP contribution in [0.25, 0.3) is 0 Å². The van der Waals surface area contributed by atoms with Crippen molar-refractivity contribution in [3.8, 4) is 5.75 Å². The molecule has 30 heavy (non-hydrogen) atoms. The Bertz CT molecular complexity index is 838. The van der Waals surface area contributed by atoms with Crippen molar-refractivity contribution in [2.75, 3.05) is 39.3 Å². The van der Waals surface area contributed by atoms with E-state index < -0.39 is 0 Å². The third-order valence-electron chi connectivity index (χ3n) is 4.76. The zero-order chi connectivity index (χ0) is 20.6. The van der Waals surface area contributed by atoms with Crippen LogP contribution < -0.4 is 20.3 Å². The van der Waals surface area contributed by atoms with E-state index in [0.29, 0.717) is 19.7 Å². The molecule has 0 amide bonds. The number of aliphatic imine (C=N–C) groups is 1. The molecule has 1 unspecified atom stereocenters. The molecule has 1 saturated heterocycles. The summed E-state index contributed by atoms with van der Waals surface area (Å²) < 4.78 is 11.6. The van der Waals surface area contributed by atoms with Gasteiger partial charge in [-0.2, -0.15) is 0 Å². The van der Waals surface area contributed by atoms with Crippen LogP contribution in [0.3, 0.4) is 0 Å². The molecule has 1 atom stereocenters. The molecule has 7 nitrogen and oxygen atoms in total. The van der Waals surface area contributed by atoms with E-state index in [-0.39, 0.29) is 30.1 Å². The van der Waals surface area contributed by atoms with Crippen LogP contribution in [0.5, 0.6) is 5.75 Å². The van der Waals surface area contributed by atoms with Crippen molar-refractivity contribution in [2.24, 2.45) is 4.99 Å². The largest absolute Gasteiger partial charge is 0.488 e. The number of halogens is 1. The summed E-state index contributed by atoms with van der Waals surface area (Å²) in [6.07, 6.45) is 1.06. The third-order valence-corrected chi connectivity index (χ3v) is 4.76. The van der Waals surface area contributed by atoms with E-state index in [0.717, 1.165) is 41.8 Å². The van der Waals surface area contributed by atoms with Crippen molar-refractivity contribution in [1.82, 2.24) is 15.6 Å². The van der Waals surface area contributed by atoms with E-state index >= 15 is 0 Å². The van der Waals surface area contributed by atoms with Crippen LogP contribution in [-0.4, -0.2) is 51.4 Å². The molecule has 164 valence electrons. The number of aryl methyl sites for hydroxylation is 1. The van der Waals surface area contributed by atoms with Gasteiger partial charge in [-0.1, -0.05) is 18.2 Å². The van der Waals surface area contributed by atoms with E-state index in [4.69, 9.17) is 9.47 Å². The minimum atomic E-state index is 0. The van der Waals surface area contributed by atoms with Gasteiger partial charge in [0.05, 0.1) is 25.5 Å². The first kappa shape index (κ1) is 24.2. The van der Waals surface area contributed by atoms with Crippen LogP contribution in [0.4, 0.5) is 5.82 Å². The van der Waals surface area contributed by atoms with Crippen LogP contribution >= 0.6 is 24.0 Å². The highest BCUT2D eigenvalue weighted by molar-refractivity contribution is 14.0. The van der Waals surface area contributed by atoms with Gasteiger partial charge in [-0.3, -0.25) is 4.99 Å². The molecule has 1 fully saturated rings. The fourth-order valence-electron chi connectivity index (χ4n) is 3.09. The predicted molar refractivity (Wildman–Crippen MR) is 132 cm³/mol. The number of nitrogens with zero attached hydrogens (tertiary/aromatic N) is 3. The van der Waals surface area contributed by atoms with Gasteiger partial charge in [-0.25, -0.2) is 4.98 Å². The van der Waals surface area contributed by atoms with Crippen molar-refractivity contribution in [2.45, 2.75) is 32.5 Å². The Kier molecular flexibility index (Phi) is 9.64. The number of ether oxygens (including phenoxy) is 2. The highest BCUT2D eigenvalue weighted by atomic mass is 127. The normalized spacial score (nSPS) is 16.0. The fourth-order valence-corrected chi connectivity index (χ4v) is 3.09. The minimum Gasteiger partial charge on any atom is -0.488 e. The van der Waals surface area contributed by atoms with Gasteiger partial charge in [0, 0.05) is 39.7 Å². The van der Waals surface area contributed by atoms with Crippen LogP contribution in [0, 0.1) is 6.92 Å². The summed E-state index contributed by atoms with van der Waals surface area (Å²) in [6, 6.07) is 12.3. The molecule has 0 spiro atoms. The van der Waals surface area contributed by atoms with Gasteiger partial charge in [0.25, 0.3) is 0 Å². The fraction of sp³-hybridized carbons (Fsp3) is 0.455. The zero-order valence-electron chi connectivity index (χ0n) is 18.1. The number of rotatable bonds is 7. The molecular weight excluding hydrogens is 493 g/mol. The first-order valence-electron chi connectivity index (χ1n) is 9.97. The molecule has 1 aromatic heterocycles. The Morgan fingerprint density at radius 1 is 1.23 bits per heavy atom. The quantitative estimate of drug-likeness (QED) is 0.329. The van der Waals surface area contributed by atoms with Gasteiger partial charge in [0.15, 0.2) is 5.96 Å². The number of guanidine groups is 1. The molecule has 8 heteroatoms. The number of aromatic nitrogens is 1. The Balaban J connectivity index is 0.00000320. The maximum atomic E-state index is 6.18. The lowest BCUT2D eigenvalue weighted by Crippen LogP contribution is -2.36. The summed E-state index contributed by atoms with van der Waals surface area (Å²) in [4.78, 5) is 10.9. The average Bonchev–Trinajstić information content (AvgIpc) is 3.22. The predicted octanol–water partition coefficient (Wildman–Crippen LogP) is 3.11. The Hall–Kier alpha value is -2.07. The van der Waals surface area contributed by atoms with Crippen molar-refractivity contribution in [1.29, 1.82) is 0 Å². The van der Waals surface area contributed by atoms with E-state index in [1.54, 1.807) is 7.05 Å². The number of hydrogen-bond donors (Lipinski definition) is 2. The molecule has 3 rings (SSSR count). The summed E-state index contributed by atoms with van der Waals surface area (Å²) in [5.74, 6) is 2.56. The van der Waals surface area contributed by atoms with Crippen molar-refractivity contribution < 1.29 is 9.47 Å². The van der Waals surface area contributed by atoms with Gasteiger partial charge in [-0.05, 0) is 30.7 Å². The molecule has 2 N–H and O–H groups in total. The van der Waals surface area contributed by atoms with Crippen molar-refractivity contribution in [3.05, 3.63) is 53.2 Å². The highest BCUT2D eigenvalue weighted by Crippen LogP contribution is 2.23. The Morgan fingerprint density at radius 3 is 2.73 bits per heavy atom. The lowest BCUT2D eigenvalue weighted by molar-refractivity contribution is 0.140. The second-order valence-electron chi connectivity index (χ2n) is 7.38. The SMILES string of the molecule is CN=C(NCc1cccc(N(C)C)n1)NCc1ccc(C)cc1OC1CCOC1.I. The highest BCUT2D eigenvalue weighted by Gasteiger charge is 2.18. The zero-order valence-corrected chi connectivity index (χ0v) is 20.5. The van der Waals surface area contributed by atoms with Gasteiger partial charge in [-0.15, -0.1) is 24.0 Å². The van der Waals surface area contributed by atoms with Gasteiger partial charge in [0.1, 0.15) is 17.7 Å². The summed E-state index contributed by atoms with van der Waals surface area (Å²) in [6.45, 7) is 4.71. The number of nitrogens with one attached hydrogen (secondary N) is 2. The van der Waals surface area contributed by atoms with E-state index in [9.17, 15) is 0 Å². The molecule has 0 saturated carbocycles. The van der Waals surface area contributed by atoms with Crippen molar-refractivity contribution in [3.63, 3.8) is 0 Å². The summed E-state index contributed by atoms with van der Waals surface area (Å²) in [5.41, 5.74) is 3.23. The molecule has 1 aromatic carbocycles. The maximum Gasteiger partial charge on any atom is 0.191 e. The van der Waals surface area contributed by atoms with E-state index in [1.165, 1.54) is 5.56 Å². The van der Waals surface area contributed by atoms with Crippen molar-refractivity contribution >= 4 is 35.8 Å². The van der Waals surface area contributed by atoms with Crippen LogP contribution in [0.1, 0.15) is 23.2 Å². The lowest BCUT2D eigenvalue weighted by Gasteiger charge is -2.18. The second kappa shape index (κ2) is 11.9. The number of pyridine rings is 1. The topological polar surface area (TPSA) is 71.0 Å². The monoisotopic (exact) mass is 525 g/mol. The molecule has 0 bridgehead atoms.